The van der Waals surface area contributed by atoms with Gasteiger partial charge in [0.25, 0.3) is 0 Å². The highest BCUT2D eigenvalue weighted by Gasteiger charge is 2.34. The molecule has 0 spiro atoms. The lowest BCUT2D eigenvalue weighted by Gasteiger charge is -2.41. The summed E-state index contributed by atoms with van der Waals surface area (Å²) in [5, 5.41) is 11.7. The molecular weight excluding hydrogens is 439 g/mol. The van der Waals surface area contributed by atoms with Gasteiger partial charge in [0.15, 0.2) is 5.96 Å². The number of sulfonamides is 1. The van der Waals surface area contributed by atoms with Gasteiger partial charge in [-0.15, -0.1) is 24.0 Å². The van der Waals surface area contributed by atoms with Gasteiger partial charge in [0.05, 0.1) is 4.90 Å². The molecule has 4 N–H and O–H groups in total. The van der Waals surface area contributed by atoms with E-state index in [0.717, 1.165) is 18.1 Å². The second-order valence-electron chi connectivity index (χ2n) is 6.18. The second kappa shape index (κ2) is 9.00. The summed E-state index contributed by atoms with van der Waals surface area (Å²) in [4.78, 5) is 4.36. The lowest BCUT2D eigenvalue weighted by atomic mass is 9.67. The molecule has 1 aliphatic carbocycles. The molecule has 136 valence electrons. The maximum absolute atomic E-state index is 11.2. The van der Waals surface area contributed by atoms with Crippen LogP contribution >= 0.6 is 24.0 Å². The Labute approximate surface area is 161 Å². The first-order valence-electron chi connectivity index (χ1n) is 7.95. The topological polar surface area (TPSA) is 96.6 Å². The fourth-order valence-electron chi connectivity index (χ4n) is 2.81. The predicted molar refractivity (Wildman–Crippen MR) is 108 cm³/mol. The number of guanidine groups is 1. The fraction of sp³-hybridized carbons (Fsp3) is 0.562. The molecule has 1 aromatic rings. The molecule has 1 aromatic carbocycles. The van der Waals surface area contributed by atoms with Crippen LogP contribution < -0.4 is 15.8 Å². The normalized spacial score (nSPS) is 16.7. The molecule has 8 heteroatoms. The zero-order valence-electron chi connectivity index (χ0n) is 14.2. The number of primary sulfonamides is 1. The minimum Gasteiger partial charge on any atom is -0.356 e. The van der Waals surface area contributed by atoms with E-state index in [-0.39, 0.29) is 28.9 Å². The van der Waals surface area contributed by atoms with E-state index < -0.39 is 10.0 Å². The van der Waals surface area contributed by atoms with E-state index in [0.29, 0.717) is 12.0 Å². The molecule has 1 aliphatic rings. The molecule has 0 aliphatic heterocycles. The molecule has 0 radical (unpaired) electrons. The average molecular weight is 466 g/mol. The Morgan fingerprint density at radius 3 is 2.29 bits per heavy atom. The van der Waals surface area contributed by atoms with Gasteiger partial charge >= 0.3 is 0 Å². The number of aliphatic imine (C=N–C) groups is 1. The van der Waals surface area contributed by atoms with E-state index in [2.05, 4.69) is 22.5 Å². The summed E-state index contributed by atoms with van der Waals surface area (Å²) < 4.78 is 22.5. The van der Waals surface area contributed by atoms with E-state index in [1.54, 1.807) is 19.2 Å². The van der Waals surface area contributed by atoms with Crippen molar-refractivity contribution < 1.29 is 8.42 Å². The minimum absolute atomic E-state index is 0. The number of nitrogens with one attached hydrogen (secondary N) is 2. The highest BCUT2D eigenvalue weighted by molar-refractivity contribution is 14.0. The maximum atomic E-state index is 11.2. The Morgan fingerprint density at radius 2 is 1.88 bits per heavy atom. The van der Waals surface area contributed by atoms with Gasteiger partial charge in [-0.25, -0.2) is 13.6 Å². The second-order valence-corrected chi connectivity index (χ2v) is 7.74. The SMILES string of the molecule is CCC1(CNC(=NC)NCc2ccc(S(N)(=O)=O)cc2)CCC1.I. The van der Waals surface area contributed by atoms with E-state index in [1.165, 1.54) is 37.8 Å². The molecule has 0 bridgehead atoms. The summed E-state index contributed by atoms with van der Waals surface area (Å²) in [5.74, 6) is 0.764. The summed E-state index contributed by atoms with van der Waals surface area (Å²) in [6.45, 7) is 3.75. The van der Waals surface area contributed by atoms with Crippen LogP contribution in [0, 0.1) is 5.41 Å². The van der Waals surface area contributed by atoms with Crippen LogP contribution in [0.5, 0.6) is 0 Å². The molecule has 0 aromatic heterocycles. The van der Waals surface area contributed by atoms with E-state index in [1.807, 2.05) is 0 Å². The van der Waals surface area contributed by atoms with E-state index in [9.17, 15) is 8.42 Å². The summed E-state index contributed by atoms with van der Waals surface area (Å²) in [6.07, 6.45) is 5.06. The summed E-state index contributed by atoms with van der Waals surface area (Å²) in [6, 6.07) is 6.53. The lowest BCUT2D eigenvalue weighted by molar-refractivity contribution is 0.131. The maximum Gasteiger partial charge on any atom is 0.238 e. The third-order valence-corrected chi connectivity index (χ3v) is 5.66. The van der Waals surface area contributed by atoms with E-state index >= 15 is 0 Å². The number of nitrogens with two attached hydrogens (primary N) is 1. The van der Waals surface area contributed by atoms with Crippen LogP contribution in [0.15, 0.2) is 34.2 Å². The first-order valence-corrected chi connectivity index (χ1v) is 9.49. The number of hydrogen-bond acceptors (Lipinski definition) is 3. The van der Waals surface area contributed by atoms with Crippen LogP contribution in [0.25, 0.3) is 0 Å². The Balaban J connectivity index is 0.00000288. The monoisotopic (exact) mass is 466 g/mol. The van der Waals surface area contributed by atoms with Crippen molar-refractivity contribution in [3.63, 3.8) is 0 Å². The van der Waals surface area contributed by atoms with Crippen molar-refractivity contribution >= 4 is 40.0 Å². The third-order valence-electron chi connectivity index (χ3n) is 4.73. The lowest BCUT2D eigenvalue weighted by Crippen LogP contribution is -2.46. The van der Waals surface area contributed by atoms with Crippen LogP contribution in [0.4, 0.5) is 0 Å². The first kappa shape index (κ1) is 21.2. The van der Waals surface area contributed by atoms with Crippen molar-refractivity contribution in [2.75, 3.05) is 13.6 Å². The smallest absolute Gasteiger partial charge is 0.238 e. The standard InChI is InChI=1S/C16H26N4O2S.HI/c1-3-16(9-4-10-16)12-20-15(18-2)19-11-13-5-7-14(8-6-13)23(17,21)22;/h5-8H,3-4,9-12H2,1-2H3,(H2,17,21,22)(H2,18,19,20);1H. The molecule has 24 heavy (non-hydrogen) atoms. The molecule has 1 saturated carbocycles. The number of nitrogens with zero attached hydrogens (tertiary/aromatic N) is 1. The summed E-state index contributed by atoms with van der Waals surface area (Å²) >= 11 is 0. The van der Waals surface area contributed by atoms with Crippen molar-refractivity contribution in [1.29, 1.82) is 0 Å². The molecule has 0 heterocycles. The van der Waals surface area contributed by atoms with Crippen molar-refractivity contribution in [2.24, 2.45) is 15.5 Å². The third kappa shape index (κ3) is 5.59. The largest absolute Gasteiger partial charge is 0.356 e. The van der Waals surface area contributed by atoms with Crippen molar-refractivity contribution in [1.82, 2.24) is 10.6 Å². The molecule has 0 saturated heterocycles. The fourth-order valence-corrected chi connectivity index (χ4v) is 3.32. The van der Waals surface area contributed by atoms with Crippen LogP contribution in [-0.4, -0.2) is 28.0 Å². The average Bonchev–Trinajstić information content (AvgIpc) is 2.49. The van der Waals surface area contributed by atoms with Crippen molar-refractivity contribution in [2.45, 2.75) is 44.0 Å². The number of hydrogen-bond donors (Lipinski definition) is 3. The molecule has 6 nitrogen and oxygen atoms in total. The highest BCUT2D eigenvalue weighted by Crippen LogP contribution is 2.42. The molecular formula is C16H27IN4O2S. The van der Waals surface area contributed by atoms with Gasteiger partial charge in [-0.1, -0.05) is 25.5 Å². The van der Waals surface area contributed by atoms with Gasteiger partial charge in [0, 0.05) is 20.1 Å². The number of benzene rings is 1. The van der Waals surface area contributed by atoms with Crippen LogP contribution in [0.2, 0.25) is 0 Å². The zero-order valence-corrected chi connectivity index (χ0v) is 17.4. The summed E-state index contributed by atoms with van der Waals surface area (Å²) in [5.41, 5.74) is 1.39. The van der Waals surface area contributed by atoms with Gasteiger partial charge in [-0.2, -0.15) is 0 Å². The van der Waals surface area contributed by atoms with E-state index in [4.69, 9.17) is 5.14 Å². The Morgan fingerprint density at radius 1 is 1.25 bits per heavy atom. The van der Waals surface area contributed by atoms with Crippen molar-refractivity contribution in [3.05, 3.63) is 29.8 Å². The number of rotatable bonds is 6. The quantitative estimate of drug-likeness (QED) is 0.340. The Bertz CT molecular complexity index is 650. The van der Waals surface area contributed by atoms with Gasteiger partial charge in [-0.3, -0.25) is 4.99 Å². The summed E-state index contributed by atoms with van der Waals surface area (Å²) in [7, 11) is -1.89. The predicted octanol–water partition coefficient (Wildman–Crippen LogP) is 2.20. The molecule has 0 unspecified atom stereocenters. The zero-order chi connectivity index (χ0) is 16.9. The van der Waals surface area contributed by atoms with Crippen LogP contribution in [0.3, 0.4) is 0 Å². The van der Waals surface area contributed by atoms with Gasteiger partial charge in [0.1, 0.15) is 0 Å². The highest BCUT2D eigenvalue weighted by atomic mass is 127. The van der Waals surface area contributed by atoms with Crippen LogP contribution in [-0.2, 0) is 16.6 Å². The minimum atomic E-state index is -3.64. The van der Waals surface area contributed by atoms with Crippen molar-refractivity contribution in [3.8, 4) is 0 Å². The molecule has 2 rings (SSSR count). The van der Waals surface area contributed by atoms with Gasteiger partial charge in [0.2, 0.25) is 10.0 Å². The van der Waals surface area contributed by atoms with Gasteiger partial charge in [-0.05, 0) is 42.4 Å². The number of halogens is 1. The molecule has 0 atom stereocenters. The van der Waals surface area contributed by atoms with Gasteiger partial charge < -0.3 is 10.6 Å². The molecule has 1 fully saturated rings. The molecule has 0 amide bonds. The first-order chi connectivity index (χ1) is 10.9. The Hall–Kier alpha value is -0.870. The Kier molecular flexibility index (Phi) is 7.94. The van der Waals surface area contributed by atoms with Crippen LogP contribution in [0.1, 0.15) is 38.2 Å².